The number of carbonyl (C=O) groups excluding carboxylic acids is 2. The van der Waals surface area contributed by atoms with Crippen molar-refractivity contribution in [1.29, 1.82) is 0 Å². The molecule has 1 aliphatic heterocycles. The van der Waals surface area contributed by atoms with E-state index in [9.17, 15) is 22.4 Å². The summed E-state index contributed by atoms with van der Waals surface area (Å²) in [6.45, 7) is -0.466. The van der Waals surface area contributed by atoms with Crippen molar-refractivity contribution in [1.82, 2.24) is 4.72 Å². The number of hydrogen-bond acceptors (Lipinski definition) is 6. The summed E-state index contributed by atoms with van der Waals surface area (Å²) in [4.78, 5) is 27.8. The molecule has 1 aliphatic rings. The molecule has 0 aliphatic carbocycles. The summed E-state index contributed by atoms with van der Waals surface area (Å²) in [5, 5.41) is 0. The number of ketones is 1. The second-order valence-corrected chi connectivity index (χ2v) is 7.32. The Morgan fingerprint density at radius 3 is 2.52 bits per heavy atom. The summed E-state index contributed by atoms with van der Waals surface area (Å²) in [5.74, 6) is -1.40. The van der Waals surface area contributed by atoms with Crippen LogP contribution in [0.15, 0.2) is 58.4 Å². The van der Waals surface area contributed by atoms with Crippen molar-refractivity contribution in [3.63, 3.8) is 0 Å². The molecule has 0 spiro atoms. The number of aliphatic imine (C=N–C) groups is 1. The van der Waals surface area contributed by atoms with Crippen LogP contribution in [-0.4, -0.2) is 39.2 Å². The Kier molecular flexibility index (Phi) is 5.31. The van der Waals surface area contributed by atoms with Gasteiger partial charge in [-0.05, 0) is 36.4 Å². The van der Waals surface area contributed by atoms with Crippen molar-refractivity contribution in [3.8, 4) is 0 Å². The molecule has 0 bridgehead atoms. The maximum Gasteiger partial charge on any atom is 0.308 e. The van der Waals surface area contributed by atoms with Gasteiger partial charge in [-0.3, -0.25) is 19.3 Å². The average molecular weight is 390 g/mol. The summed E-state index contributed by atoms with van der Waals surface area (Å²) in [6.07, 6.45) is -0.121. The molecule has 9 heteroatoms. The molecule has 2 aromatic carbocycles. The van der Waals surface area contributed by atoms with Crippen LogP contribution in [0.4, 0.5) is 4.39 Å². The number of nitrogens with zero attached hydrogens (tertiary/aromatic N) is 1. The van der Waals surface area contributed by atoms with Crippen LogP contribution in [0.5, 0.6) is 0 Å². The number of nitrogens with one attached hydrogen (secondary N) is 1. The molecule has 0 unspecified atom stereocenters. The fourth-order valence-corrected chi connectivity index (χ4v) is 3.70. The predicted octanol–water partition coefficient (Wildman–Crippen LogP) is 1.68. The number of sulfonamides is 1. The molecule has 0 saturated heterocycles. The van der Waals surface area contributed by atoms with E-state index in [-0.39, 0.29) is 29.3 Å². The Morgan fingerprint density at radius 1 is 1.07 bits per heavy atom. The summed E-state index contributed by atoms with van der Waals surface area (Å²) in [5.41, 5.74) is 0.679. The highest BCUT2D eigenvalue weighted by atomic mass is 32.2. The number of amidine groups is 1. The van der Waals surface area contributed by atoms with E-state index in [2.05, 4.69) is 9.71 Å². The van der Waals surface area contributed by atoms with E-state index in [1.54, 1.807) is 18.2 Å². The number of benzene rings is 2. The second kappa shape index (κ2) is 7.67. The molecule has 1 heterocycles. The van der Waals surface area contributed by atoms with E-state index in [1.807, 2.05) is 0 Å². The molecule has 0 saturated carbocycles. The van der Waals surface area contributed by atoms with Crippen LogP contribution in [0, 0.1) is 5.82 Å². The lowest BCUT2D eigenvalue weighted by Crippen LogP contribution is -2.22. The second-order valence-electron chi connectivity index (χ2n) is 5.67. The van der Waals surface area contributed by atoms with Gasteiger partial charge in [-0.1, -0.05) is 12.1 Å². The van der Waals surface area contributed by atoms with Gasteiger partial charge in [0.2, 0.25) is 0 Å². The van der Waals surface area contributed by atoms with E-state index < -0.39 is 34.2 Å². The first-order chi connectivity index (χ1) is 12.9. The lowest BCUT2D eigenvalue weighted by atomic mass is 10.1. The highest BCUT2D eigenvalue weighted by Gasteiger charge is 2.29. The Labute approximate surface area is 154 Å². The third kappa shape index (κ3) is 4.37. The Hall–Kier alpha value is -3.07. The van der Waals surface area contributed by atoms with Crippen molar-refractivity contribution in [2.75, 3.05) is 13.2 Å². The lowest BCUT2D eigenvalue weighted by Gasteiger charge is -2.04. The number of rotatable bonds is 6. The molecule has 140 valence electrons. The molecule has 3 rings (SSSR count). The molecule has 7 nitrogen and oxygen atoms in total. The third-order valence-electron chi connectivity index (χ3n) is 3.78. The standard InChI is InChI=1S/C18H15FN2O5S/c19-13-7-5-12(6-8-13)15(22)11-26-17(23)9-10-20-18-14-3-1-2-4-16(14)27(24,25)21-18/h1-8H,9-11H2,(H,20,21). The maximum atomic E-state index is 12.8. The van der Waals surface area contributed by atoms with Crippen molar-refractivity contribution in [2.24, 2.45) is 4.99 Å². The van der Waals surface area contributed by atoms with E-state index >= 15 is 0 Å². The first-order valence-corrected chi connectivity index (χ1v) is 9.46. The predicted molar refractivity (Wildman–Crippen MR) is 94.5 cm³/mol. The molecule has 0 aromatic heterocycles. The van der Waals surface area contributed by atoms with Gasteiger partial charge in [0.25, 0.3) is 10.0 Å². The van der Waals surface area contributed by atoms with E-state index in [0.29, 0.717) is 5.56 Å². The number of Topliss-reactive ketones (excluding diaryl/α,β-unsaturated/α-hetero) is 1. The molecule has 2 aromatic rings. The van der Waals surface area contributed by atoms with Gasteiger partial charge in [-0.15, -0.1) is 0 Å². The number of fused-ring (bicyclic) bond motifs is 1. The zero-order valence-electron chi connectivity index (χ0n) is 14.0. The van der Waals surface area contributed by atoms with E-state index in [0.717, 1.165) is 12.1 Å². The van der Waals surface area contributed by atoms with Crippen molar-refractivity contribution in [2.45, 2.75) is 11.3 Å². The Morgan fingerprint density at radius 2 is 1.78 bits per heavy atom. The molecule has 0 fully saturated rings. The van der Waals surface area contributed by atoms with Crippen molar-refractivity contribution >= 4 is 27.6 Å². The van der Waals surface area contributed by atoms with Crippen LogP contribution in [0.2, 0.25) is 0 Å². The molecular weight excluding hydrogens is 375 g/mol. The van der Waals surface area contributed by atoms with Gasteiger partial charge in [-0.25, -0.2) is 12.8 Å². The van der Waals surface area contributed by atoms with Crippen LogP contribution in [-0.2, 0) is 19.6 Å². The van der Waals surface area contributed by atoms with E-state index in [1.165, 1.54) is 18.2 Å². The zero-order chi connectivity index (χ0) is 19.4. The number of ether oxygens (including phenoxy) is 1. The largest absolute Gasteiger partial charge is 0.457 e. The minimum absolute atomic E-state index is 0.00421. The van der Waals surface area contributed by atoms with Gasteiger partial charge in [0, 0.05) is 11.1 Å². The monoisotopic (exact) mass is 390 g/mol. The van der Waals surface area contributed by atoms with Crippen LogP contribution < -0.4 is 4.72 Å². The van der Waals surface area contributed by atoms with Crippen molar-refractivity contribution in [3.05, 3.63) is 65.5 Å². The molecule has 27 heavy (non-hydrogen) atoms. The van der Waals surface area contributed by atoms with Crippen LogP contribution in [0.3, 0.4) is 0 Å². The van der Waals surface area contributed by atoms with Gasteiger partial charge in [-0.2, -0.15) is 0 Å². The molecular formula is C18H15FN2O5S. The summed E-state index contributed by atoms with van der Waals surface area (Å²) in [7, 11) is -3.63. The summed E-state index contributed by atoms with van der Waals surface area (Å²) in [6, 6.07) is 11.3. The quantitative estimate of drug-likeness (QED) is 0.597. The van der Waals surface area contributed by atoms with E-state index in [4.69, 9.17) is 4.74 Å². The third-order valence-corrected chi connectivity index (χ3v) is 5.18. The van der Waals surface area contributed by atoms with Crippen LogP contribution >= 0.6 is 0 Å². The zero-order valence-corrected chi connectivity index (χ0v) is 14.8. The van der Waals surface area contributed by atoms with Crippen LogP contribution in [0.1, 0.15) is 22.3 Å². The molecule has 0 radical (unpaired) electrons. The summed E-state index contributed by atoms with van der Waals surface area (Å²) >= 11 is 0. The molecule has 1 N–H and O–H groups in total. The highest BCUT2D eigenvalue weighted by Crippen LogP contribution is 2.22. The highest BCUT2D eigenvalue weighted by molar-refractivity contribution is 7.90. The SMILES string of the molecule is O=C(CCN=C1NS(=O)(=O)c2ccccc21)OCC(=O)c1ccc(F)cc1. The fraction of sp³-hybridized carbons (Fsp3) is 0.167. The van der Waals surface area contributed by atoms with Gasteiger partial charge in [0.05, 0.1) is 17.9 Å². The maximum absolute atomic E-state index is 12.8. The summed E-state index contributed by atoms with van der Waals surface area (Å²) < 4.78 is 43.9. The fourth-order valence-electron chi connectivity index (χ4n) is 2.45. The van der Waals surface area contributed by atoms with Crippen molar-refractivity contribution < 1.29 is 27.1 Å². The number of esters is 1. The molecule has 0 atom stereocenters. The Bertz CT molecular complexity index is 1020. The van der Waals surface area contributed by atoms with Crippen LogP contribution in [0.25, 0.3) is 0 Å². The van der Waals surface area contributed by atoms with Gasteiger partial charge in [0.1, 0.15) is 11.7 Å². The number of hydrogen-bond donors (Lipinski definition) is 1. The van der Waals surface area contributed by atoms with Gasteiger partial charge in [0.15, 0.2) is 12.4 Å². The first-order valence-electron chi connectivity index (χ1n) is 7.98. The topological polar surface area (TPSA) is 102 Å². The number of halogens is 1. The normalized spacial score (nSPS) is 15.8. The number of carbonyl (C=O) groups is 2. The first kappa shape index (κ1) is 18.7. The average Bonchev–Trinajstić information content (AvgIpc) is 2.91. The lowest BCUT2D eigenvalue weighted by molar-refractivity contribution is -0.142. The van der Waals surface area contributed by atoms with Gasteiger partial charge < -0.3 is 4.74 Å². The smallest absolute Gasteiger partial charge is 0.308 e. The van der Waals surface area contributed by atoms with Gasteiger partial charge >= 0.3 is 5.97 Å². The minimum Gasteiger partial charge on any atom is -0.457 e. The molecule has 0 amide bonds. The minimum atomic E-state index is -3.63. The Balaban J connectivity index is 1.52.